The summed E-state index contributed by atoms with van der Waals surface area (Å²) >= 11 is 3.38. The number of anilines is 1. The zero-order chi connectivity index (χ0) is 13.8. The Bertz CT molecular complexity index is 473. The van der Waals surface area contributed by atoms with Gasteiger partial charge in [-0.25, -0.2) is 0 Å². The van der Waals surface area contributed by atoms with E-state index in [-0.39, 0.29) is 10.6 Å². The minimum atomic E-state index is -0.353. The summed E-state index contributed by atoms with van der Waals surface area (Å²) in [7, 11) is 0. The zero-order valence-electron chi connectivity index (χ0n) is 10.9. The van der Waals surface area contributed by atoms with Crippen LogP contribution in [0.15, 0.2) is 16.6 Å². The van der Waals surface area contributed by atoms with Crippen molar-refractivity contribution in [2.45, 2.75) is 19.8 Å². The van der Waals surface area contributed by atoms with Crippen molar-refractivity contribution in [2.24, 2.45) is 5.92 Å². The number of rotatable bonds is 5. The molecule has 0 saturated carbocycles. The van der Waals surface area contributed by atoms with E-state index in [4.69, 9.17) is 0 Å². The fourth-order valence-electron chi connectivity index (χ4n) is 2.37. The number of halogens is 1. The molecule has 1 heterocycles. The van der Waals surface area contributed by atoms with Crippen LogP contribution < -0.4 is 10.6 Å². The molecule has 104 valence electrons. The predicted molar refractivity (Wildman–Crippen MR) is 79.6 cm³/mol. The second-order valence-corrected chi connectivity index (χ2v) is 5.80. The molecule has 1 saturated heterocycles. The van der Waals surface area contributed by atoms with E-state index in [2.05, 4.69) is 26.6 Å². The van der Waals surface area contributed by atoms with E-state index >= 15 is 0 Å². The minimum absolute atomic E-state index is 0.150. The second-order valence-electron chi connectivity index (χ2n) is 4.95. The van der Waals surface area contributed by atoms with E-state index in [9.17, 15) is 10.1 Å². The largest absolute Gasteiger partial charge is 0.384 e. The fraction of sp³-hybridized carbons (Fsp3) is 0.538. The Morgan fingerprint density at radius 2 is 2.37 bits per heavy atom. The SMILES string of the molecule is Cc1cc(NCCC2CCNC2)c(Br)cc1[N+](=O)[O-]. The van der Waals surface area contributed by atoms with Crippen molar-refractivity contribution in [2.75, 3.05) is 25.0 Å². The normalized spacial score (nSPS) is 18.5. The molecule has 0 aliphatic carbocycles. The molecule has 0 aromatic heterocycles. The van der Waals surface area contributed by atoms with Crippen LogP contribution in [0.1, 0.15) is 18.4 Å². The smallest absolute Gasteiger partial charge is 0.273 e. The first-order valence-corrected chi connectivity index (χ1v) is 7.26. The van der Waals surface area contributed by atoms with E-state index in [0.717, 1.165) is 42.1 Å². The number of hydrogen-bond acceptors (Lipinski definition) is 4. The maximum absolute atomic E-state index is 10.8. The van der Waals surface area contributed by atoms with Gasteiger partial charge in [0.25, 0.3) is 5.69 Å². The van der Waals surface area contributed by atoms with Gasteiger partial charge in [0.2, 0.25) is 0 Å². The summed E-state index contributed by atoms with van der Waals surface area (Å²) in [4.78, 5) is 10.5. The lowest BCUT2D eigenvalue weighted by molar-refractivity contribution is -0.385. The minimum Gasteiger partial charge on any atom is -0.384 e. The molecule has 1 unspecified atom stereocenters. The Hall–Kier alpha value is -1.14. The summed E-state index contributed by atoms with van der Waals surface area (Å²) in [5, 5.41) is 17.5. The van der Waals surface area contributed by atoms with Crippen LogP contribution >= 0.6 is 15.9 Å². The Balaban J connectivity index is 1.96. The molecule has 2 rings (SSSR count). The van der Waals surface area contributed by atoms with E-state index < -0.39 is 0 Å². The number of nitro groups is 1. The summed E-state index contributed by atoms with van der Waals surface area (Å²) < 4.78 is 0.745. The molecule has 1 fully saturated rings. The Morgan fingerprint density at radius 3 is 3.00 bits per heavy atom. The van der Waals surface area contributed by atoms with Gasteiger partial charge in [0, 0.05) is 28.3 Å². The molecular formula is C13H18BrN3O2. The third kappa shape index (κ3) is 3.67. The maximum Gasteiger partial charge on any atom is 0.273 e. The number of nitrogens with zero attached hydrogens (tertiary/aromatic N) is 1. The Kier molecular flexibility index (Phi) is 4.76. The van der Waals surface area contributed by atoms with E-state index in [0.29, 0.717) is 5.56 Å². The van der Waals surface area contributed by atoms with Crippen LogP contribution in [0.2, 0.25) is 0 Å². The first-order valence-electron chi connectivity index (χ1n) is 6.47. The highest BCUT2D eigenvalue weighted by atomic mass is 79.9. The molecule has 1 atom stereocenters. The molecule has 1 aliphatic rings. The quantitative estimate of drug-likeness (QED) is 0.644. The first-order chi connectivity index (χ1) is 9.08. The highest BCUT2D eigenvalue weighted by molar-refractivity contribution is 9.10. The molecule has 0 radical (unpaired) electrons. The number of hydrogen-bond donors (Lipinski definition) is 2. The van der Waals surface area contributed by atoms with Gasteiger partial charge in [-0.3, -0.25) is 10.1 Å². The van der Waals surface area contributed by atoms with Gasteiger partial charge in [-0.05, 0) is 60.8 Å². The van der Waals surface area contributed by atoms with Crippen LogP contribution in [0.4, 0.5) is 11.4 Å². The van der Waals surface area contributed by atoms with Crippen LogP contribution in [-0.2, 0) is 0 Å². The van der Waals surface area contributed by atoms with Gasteiger partial charge in [0.1, 0.15) is 0 Å². The van der Waals surface area contributed by atoms with E-state index in [1.165, 1.54) is 6.42 Å². The van der Waals surface area contributed by atoms with Crippen molar-refractivity contribution in [3.05, 3.63) is 32.3 Å². The van der Waals surface area contributed by atoms with Crippen LogP contribution in [0.3, 0.4) is 0 Å². The molecule has 1 aliphatic heterocycles. The van der Waals surface area contributed by atoms with Gasteiger partial charge in [-0.1, -0.05) is 0 Å². The molecule has 5 nitrogen and oxygen atoms in total. The lowest BCUT2D eigenvalue weighted by Gasteiger charge is -2.12. The summed E-state index contributed by atoms with van der Waals surface area (Å²) in [6.45, 7) is 4.87. The van der Waals surface area contributed by atoms with Crippen molar-refractivity contribution >= 4 is 27.3 Å². The van der Waals surface area contributed by atoms with E-state index in [1.807, 2.05) is 6.07 Å². The standard InChI is InChI=1S/C13H18BrN3O2/c1-9-6-12(11(14)7-13(9)17(18)19)16-5-3-10-2-4-15-8-10/h6-7,10,15-16H,2-5,8H2,1H3. The number of aryl methyl sites for hydroxylation is 1. The molecule has 19 heavy (non-hydrogen) atoms. The van der Waals surface area contributed by atoms with Gasteiger partial charge in [0.15, 0.2) is 0 Å². The van der Waals surface area contributed by atoms with Gasteiger partial charge < -0.3 is 10.6 Å². The monoisotopic (exact) mass is 327 g/mol. The molecule has 0 amide bonds. The van der Waals surface area contributed by atoms with Crippen LogP contribution in [0.5, 0.6) is 0 Å². The zero-order valence-corrected chi connectivity index (χ0v) is 12.5. The maximum atomic E-state index is 10.8. The molecule has 1 aromatic carbocycles. The van der Waals surface area contributed by atoms with Gasteiger partial charge in [0.05, 0.1) is 4.92 Å². The topological polar surface area (TPSA) is 67.2 Å². The fourth-order valence-corrected chi connectivity index (χ4v) is 2.85. The van der Waals surface area contributed by atoms with Gasteiger partial charge in [-0.2, -0.15) is 0 Å². The molecule has 0 bridgehead atoms. The summed E-state index contributed by atoms with van der Waals surface area (Å²) in [5.41, 5.74) is 1.75. The number of benzene rings is 1. The molecular weight excluding hydrogens is 310 g/mol. The lowest BCUT2D eigenvalue weighted by atomic mass is 10.1. The lowest BCUT2D eigenvalue weighted by Crippen LogP contribution is -2.13. The van der Waals surface area contributed by atoms with Crippen LogP contribution in [0, 0.1) is 23.0 Å². The Labute approximate surface area is 121 Å². The first kappa shape index (κ1) is 14.3. The van der Waals surface area contributed by atoms with Crippen LogP contribution in [0.25, 0.3) is 0 Å². The highest BCUT2D eigenvalue weighted by Gasteiger charge is 2.16. The molecule has 0 spiro atoms. The van der Waals surface area contributed by atoms with E-state index in [1.54, 1.807) is 13.0 Å². The predicted octanol–water partition coefficient (Wildman–Crippen LogP) is 3.08. The van der Waals surface area contributed by atoms with Crippen molar-refractivity contribution in [1.82, 2.24) is 5.32 Å². The average molecular weight is 328 g/mol. The van der Waals surface area contributed by atoms with Crippen molar-refractivity contribution < 1.29 is 4.92 Å². The summed E-state index contributed by atoms with van der Waals surface area (Å²) in [6, 6.07) is 3.39. The number of nitro benzene ring substituents is 1. The summed E-state index contributed by atoms with van der Waals surface area (Å²) in [5.74, 6) is 0.741. The molecule has 6 heteroatoms. The third-order valence-corrected chi connectivity index (χ3v) is 4.17. The third-order valence-electron chi connectivity index (χ3n) is 3.51. The molecule has 2 N–H and O–H groups in total. The van der Waals surface area contributed by atoms with Crippen molar-refractivity contribution in [1.29, 1.82) is 0 Å². The van der Waals surface area contributed by atoms with Gasteiger partial charge >= 0.3 is 0 Å². The molecule has 1 aromatic rings. The second kappa shape index (κ2) is 6.34. The number of nitrogens with one attached hydrogen (secondary N) is 2. The van der Waals surface area contributed by atoms with Crippen molar-refractivity contribution in [3.63, 3.8) is 0 Å². The summed E-state index contributed by atoms with van der Waals surface area (Å²) in [6.07, 6.45) is 2.36. The highest BCUT2D eigenvalue weighted by Crippen LogP contribution is 2.30. The van der Waals surface area contributed by atoms with Gasteiger partial charge in [-0.15, -0.1) is 0 Å². The Morgan fingerprint density at radius 1 is 1.58 bits per heavy atom. The average Bonchev–Trinajstić information content (AvgIpc) is 2.85. The van der Waals surface area contributed by atoms with Crippen molar-refractivity contribution in [3.8, 4) is 0 Å². The van der Waals surface area contributed by atoms with Crippen LogP contribution in [-0.4, -0.2) is 24.6 Å².